The molecule has 0 N–H and O–H groups in total. The first-order valence-corrected chi connectivity index (χ1v) is 20.9. The number of halogens is 1. The molecule has 1 aliphatic rings. The summed E-state index contributed by atoms with van der Waals surface area (Å²) >= 11 is 0. The van der Waals surface area contributed by atoms with Crippen molar-refractivity contribution >= 4 is 49.6 Å². The monoisotopic (exact) mass is 796 g/mol. The third-order valence-electron chi connectivity index (χ3n) is 12.6. The van der Waals surface area contributed by atoms with Crippen LogP contribution in [0.2, 0.25) is 0 Å². The van der Waals surface area contributed by atoms with Gasteiger partial charge < -0.3 is 9.47 Å². The zero-order valence-corrected chi connectivity index (χ0v) is 33.5. The Hall–Kier alpha value is -8.15. The van der Waals surface area contributed by atoms with Crippen LogP contribution in [0.5, 0.6) is 0 Å². The Bertz CT molecular complexity index is 3420. The molecule has 0 saturated heterocycles. The molecule has 0 saturated carbocycles. The number of para-hydroxylation sites is 1. The summed E-state index contributed by atoms with van der Waals surface area (Å²) in [6.07, 6.45) is 3.71. The predicted octanol–water partition coefficient (Wildman–Crippen LogP) is 14.4. The van der Waals surface area contributed by atoms with Crippen LogP contribution in [-0.4, -0.2) is 14.5 Å². The largest absolute Gasteiger partial charge is 0.309 e. The predicted molar refractivity (Wildman–Crippen MR) is 251 cm³/mol. The van der Waals surface area contributed by atoms with E-state index in [0.29, 0.717) is 5.82 Å². The lowest BCUT2D eigenvalue weighted by Gasteiger charge is -2.34. The number of aromatic nitrogens is 3. The highest BCUT2D eigenvalue weighted by molar-refractivity contribution is 6.10. The van der Waals surface area contributed by atoms with Gasteiger partial charge in [-0.1, -0.05) is 146 Å². The molecule has 2 heterocycles. The van der Waals surface area contributed by atoms with Gasteiger partial charge in [0.25, 0.3) is 0 Å². The van der Waals surface area contributed by atoms with E-state index >= 15 is 0 Å². The maximum Gasteiger partial charge on any atom is 0.159 e. The summed E-state index contributed by atoms with van der Waals surface area (Å²) in [6, 6.07) is 74.0. The molecule has 2 aromatic heterocycles. The molecule has 4 nitrogen and oxygen atoms in total. The molecule has 0 unspecified atom stereocenters. The van der Waals surface area contributed by atoms with Gasteiger partial charge in [0.1, 0.15) is 5.82 Å². The standard InChI is InChI=1S/C57H37FN4/c58-42-27-29-43(30-28-42)61(53-25-13-15-38-14-7-8-20-46(38)53)45-36-59-56(60-37-45)39-26-33-55-50(34-39)49-22-10-12-24-54(49)62(55)44-31-32-48-47-21-9-11-23-51(47)57(52(48)35-44,40-16-3-1-4-17-40)41-18-5-2-6-19-41/h1-37H. The van der Waals surface area contributed by atoms with E-state index in [0.717, 1.165) is 60.9 Å². The lowest BCUT2D eigenvalue weighted by atomic mass is 9.67. The van der Waals surface area contributed by atoms with Gasteiger partial charge in [0.15, 0.2) is 5.82 Å². The lowest BCUT2D eigenvalue weighted by molar-refractivity contribution is 0.628. The molecule has 9 aromatic carbocycles. The maximum absolute atomic E-state index is 14.2. The van der Waals surface area contributed by atoms with E-state index in [1.807, 2.05) is 30.6 Å². The van der Waals surface area contributed by atoms with Gasteiger partial charge >= 0.3 is 0 Å². The molecule has 0 amide bonds. The van der Waals surface area contributed by atoms with Crippen molar-refractivity contribution in [2.75, 3.05) is 4.90 Å². The third-order valence-corrected chi connectivity index (χ3v) is 12.6. The summed E-state index contributed by atoms with van der Waals surface area (Å²) in [4.78, 5) is 12.0. The Kier molecular flexibility index (Phi) is 8.22. The molecular formula is C57H37FN4. The van der Waals surface area contributed by atoms with Crippen molar-refractivity contribution in [1.29, 1.82) is 0 Å². The second-order valence-corrected chi connectivity index (χ2v) is 15.9. The summed E-state index contributed by atoms with van der Waals surface area (Å²) in [5.74, 6) is 0.333. The van der Waals surface area contributed by atoms with Gasteiger partial charge in [-0.3, -0.25) is 0 Å². The fourth-order valence-corrected chi connectivity index (χ4v) is 9.97. The summed E-state index contributed by atoms with van der Waals surface area (Å²) in [6.45, 7) is 0. The Balaban J connectivity index is 0.993. The van der Waals surface area contributed by atoms with Gasteiger partial charge in [-0.2, -0.15) is 0 Å². The van der Waals surface area contributed by atoms with Crippen molar-refractivity contribution in [3.63, 3.8) is 0 Å². The Morgan fingerprint density at radius 2 is 1.08 bits per heavy atom. The van der Waals surface area contributed by atoms with E-state index in [4.69, 9.17) is 9.97 Å². The first-order valence-electron chi connectivity index (χ1n) is 20.9. The van der Waals surface area contributed by atoms with E-state index in [2.05, 4.69) is 179 Å². The summed E-state index contributed by atoms with van der Waals surface area (Å²) in [7, 11) is 0. The van der Waals surface area contributed by atoms with Crippen molar-refractivity contribution < 1.29 is 4.39 Å². The molecule has 5 heteroatoms. The fourth-order valence-electron chi connectivity index (χ4n) is 9.97. The second-order valence-electron chi connectivity index (χ2n) is 15.9. The van der Waals surface area contributed by atoms with Crippen LogP contribution in [0.1, 0.15) is 22.3 Å². The van der Waals surface area contributed by atoms with Crippen LogP contribution < -0.4 is 4.90 Å². The van der Waals surface area contributed by atoms with E-state index < -0.39 is 5.41 Å². The van der Waals surface area contributed by atoms with E-state index in [-0.39, 0.29) is 5.82 Å². The average Bonchev–Trinajstić information content (AvgIpc) is 3.83. The molecule has 292 valence electrons. The number of hydrogen-bond acceptors (Lipinski definition) is 3. The van der Waals surface area contributed by atoms with Gasteiger partial charge in [0.2, 0.25) is 0 Å². The molecule has 0 spiro atoms. The Morgan fingerprint density at radius 3 is 1.85 bits per heavy atom. The van der Waals surface area contributed by atoms with E-state index in [1.54, 1.807) is 12.1 Å². The molecule has 0 bridgehead atoms. The van der Waals surface area contributed by atoms with Crippen LogP contribution in [0.4, 0.5) is 21.5 Å². The number of rotatable bonds is 7. The topological polar surface area (TPSA) is 34.0 Å². The number of fused-ring (bicyclic) bond motifs is 7. The number of benzene rings is 9. The molecular weight excluding hydrogens is 760 g/mol. The molecule has 0 fully saturated rings. The zero-order valence-electron chi connectivity index (χ0n) is 33.5. The van der Waals surface area contributed by atoms with Crippen LogP contribution in [-0.2, 0) is 5.41 Å². The van der Waals surface area contributed by atoms with Crippen molar-refractivity contribution in [2.24, 2.45) is 0 Å². The fraction of sp³-hybridized carbons (Fsp3) is 0.0175. The quantitative estimate of drug-likeness (QED) is 0.161. The summed E-state index contributed by atoms with van der Waals surface area (Å²) in [5.41, 5.74) is 13.8. The Labute approximate surface area is 358 Å². The molecule has 0 radical (unpaired) electrons. The van der Waals surface area contributed by atoms with Crippen LogP contribution >= 0.6 is 0 Å². The van der Waals surface area contributed by atoms with Gasteiger partial charge in [-0.25, -0.2) is 14.4 Å². The first kappa shape index (κ1) is 35.8. The minimum absolute atomic E-state index is 0.288. The molecule has 0 atom stereocenters. The Morgan fingerprint density at radius 1 is 0.452 bits per heavy atom. The SMILES string of the molecule is Fc1ccc(N(c2cnc(-c3ccc4c(c3)c3ccccc3n4-c3ccc4c(c3)C(c3ccccc3)(c3ccccc3)c3ccccc3-4)nc2)c2cccc3ccccc23)cc1. The van der Waals surface area contributed by atoms with E-state index in [1.165, 1.54) is 45.5 Å². The van der Waals surface area contributed by atoms with Crippen molar-refractivity contribution in [1.82, 2.24) is 14.5 Å². The van der Waals surface area contributed by atoms with Crippen molar-refractivity contribution in [2.45, 2.75) is 5.41 Å². The van der Waals surface area contributed by atoms with Crippen LogP contribution in [0, 0.1) is 5.82 Å². The minimum Gasteiger partial charge on any atom is -0.309 e. The summed E-state index contributed by atoms with van der Waals surface area (Å²) in [5, 5.41) is 4.46. The molecule has 62 heavy (non-hydrogen) atoms. The zero-order chi connectivity index (χ0) is 41.2. The molecule has 1 aliphatic carbocycles. The number of nitrogens with zero attached hydrogens (tertiary/aromatic N) is 4. The third kappa shape index (κ3) is 5.45. The van der Waals surface area contributed by atoms with Gasteiger partial charge in [-0.15, -0.1) is 0 Å². The highest BCUT2D eigenvalue weighted by Crippen LogP contribution is 2.56. The van der Waals surface area contributed by atoms with Gasteiger partial charge in [0.05, 0.1) is 40.2 Å². The van der Waals surface area contributed by atoms with Gasteiger partial charge in [-0.05, 0) is 105 Å². The lowest BCUT2D eigenvalue weighted by Crippen LogP contribution is -2.28. The molecule has 12 rings (SSSR count). The summed E-state index contributed by atoms with van der Waals surface area (Å²) < 4.78 is 16.6. The molecule has 11 aromatic rings. The van der Waals surface area contributed by atoms with Crippen molar-refractivity contribution in [3.05, 3.63) is 253 Å². The normalized spacial score (nSPS) is 12.7. The first-order chi connectivity index (χ1) is 30.7. The van der Waals surface area contributed by atoms with Crippen LogP contribution in [0.3, 0.4) is 0 Å². The average molecular weight is 797 g/mol. The second kappa shape index (κ2) is 14.3. The van der Waals surface area contributed by atoms with Gasteiger partial charge in [0, 0.05) is 33.1 Å². The molecule has 0 aliphatic heterocycles. The maximum atomic E-state index is 14.2. The smallest absolute Gasteiger partial charge is 0.159 e. The van der Waals surface area contributed by atoms with Crippen LogP contribution in [0.25, 0.3) is 60.8 Å². The number of anilines is 3. The number of hydrogen-bond donors (Lipinski definition) is 0. The highest BCUT2D eigenvalue weighted by atomic mass is 19.1. The highest BCUT2D eigenvalue weighted by Gasteiger charge is 2.46. The minimum atomic E-state index is -0.500. The van der Waals surface area contributed by atoms with E-state index in [9.17, 15) is 4.39 Å². The van der Waals surface area contributed by atoms with Crippen LogP contribution in [0.15, 0.2) is 225 Å². The van der Waals surface area contributed by atoms with Crippen molar-refractivity contribution in [3.8, 4) is 28.2 Å².